The summed E-state index contributed by atoms with van der Waals surface area (Å²) < 4.78 is 31.6. The van der Waals surface area contributed by atoms with Crippen molar-refractivity contribution in [2.45, 2.75) is 24.1 Å². The SMILES string of the molecule is CC1COC(CBr)CN1S(=O)(=O)c1cnc[nH]1. The van der Waals surface area contributed by atoms with Crippen LogP contribution in [0.2, 0.25) is 0 Å². The highest BCUT2D eigenvalue weighted by atomic mass is 79.9. The van der Waals surface area contributed by atoms with Crippen molar-refractivity contribution in [3.8, 4) is 0 Å². The van der Waals surface area contributed by atoms with Crippen LogP contribution in [0.25, 0.3) is 0 Å². The quantitative estimate of drug-likeness (QED) is 0.826. The molecule has 0 aliphatic carbocycles. The molecule has 2 atom stereocenters. The number of hydrogen-bond donors (Lipinski definition) is 1. The number of imidazole rings is 1. The molecule has 0 radical (unpaired) electrons. The molecule has 2 unspecified atom stereocenters. The summed E-state index contributed by atoms with van der Waals surface area (Å²) in [5, 5.41) is 0.744. The van der Waals surface area contributed by atoms with Gasteiger partial charge in [0.15, 0.2) is 5.03 Å². The lowest BCUT2D eigenvalue weighted by Gasteiger charge is -2.35. The van der Waals surface area contributed by atoms with Crippen molar-refractivity contribution in [1.82, 2.24) is 14.3 Å². The minimum absolute atomic E-state index is 0.108. The summed E-state index contributed by atoms with van der Waals surface area (Å²) in [7, 11) is -3.50. The average Bonchev–Trinajstić information content (AvgIpc) is 2.83. The zero-order valence-corrected chi connectivity index (χ0v) is 11.7. The number of aromatic amines is 1. The van der Waals surface area contributed by atoms with Crippen LogP contribution in [-0.2, 0) is 14.8 Å². The summed E-state index contributed by atoms with van der Waals surface area (Å²) in [6.07, 6.45) is 2.57. The molecule has 1 aliphatic heterocycles. The van der Waals surface area contributed by atoms with Gasteiger partial charge in [-0.3, -0.25) is 0 Å². The molecule has 1 N–H and O–H groups in total. The molecule has 0 bridgehead atoms. The molecule has 1 aromatic rings. The van der Waals surface area contributed by atoms with Gasteiger partial charge in [0.05, 0.1) is 25.2 Å². The Morgan fingerprint density at radius 1 is 1.71 bits per heavy atom. The van der Waals surface area contributed by atoms with Crippen molar-refractivity contribution in [2.75, 3.05) is 18.5 Å². The van der Waals surface area contributed by atoms with Gasteiger partial charge in [0.25, 0.3) is 10.0 Å². The lowest BCUT2D eigenvalue weighted by atomic mass is 10.2. The Bertz CT molecular complexity index is 462. The number of nitrogens with zero attached hydrogens (tertiary/aromatic N) is 2. The van der Waals surface area contributed by atoms with Gasteiger partial charge in [-0.2, -0.15) is 4.31 Å². The summed E-state index contributed by atoms with van der Waals surface area (Å²) in [5.74, 6) is 0. The first-order valence-electron chi connectivity index (χ1n) is 5.23. The second-order valence-electron chi connectivity index (χ2n) is 3.95. The van der Waals surface area contributed by atoms with E-state index in [0.29, 0.717) is 18.5 Å². The maximum Gasteiger partial charge on any atom is 0.260 e. The Morgan fingerprint density at radius 2 is 2.47 bits per heavy atom. The second kappa shape index (κ2) is 5.05. The molecule has 1 aliphatic rings. The molecule has 6 nitrogen and oxygen atoms in total. The minimum atomic E-state index is -3.50. The Morgan fingerprint density at radius 3 is 3.06 bits per heavy atom. The van der Waals surface area contributed by atoms with Crippen molar-refractivity contribution in [2.24, 2.45) is 0 Å². The molecule has 0 spiro atoms. The number of halogens is 1. The van der Waals surface area contributed by atoms with Crippen LogP contribution in [0.5, 0.6) is 0 Å². The van der Waals surface area contributed by atoms with Crippen molar-refractivity contribution < 1.29 is 13.2 Å². The first-order valence-corrected chi connectivity index (χ1v) is 7.79. The summed E-state index contributed by atoms with van der Waals surface area (Å²) in [6, 6.07) is -0.168. The number of aromatic nitrogens is 2. The standard InChI is InChI=1S/C9H14BrN3O3S/c1-7-5-16-8(2-10)4-13(7)17(14,15)9-3-11-6-12-9/h3,6-8H,2,4-5H2,1H3,(H,11,12). The maximum atomic E-state index is 12.3. The number of ether oxygens (including phenoxy) is 1. The topological polar surface area (TPSA) is 75.3 Å². The fourth-order valence-electron chi connectivity index (χ4n) is 1.73. The van der Waals surface area contributed by atoms with Crippen LogP contribution in [0.15, 0.2) is 17.6 Å². The number of morpholine rings is 1. The molecule has 2 heterocycles. The fraction of sp³-hybridized carbons (Fsp3) is 0.667. The fourth-order valence-corrected chi connectivity index (χ4v) is 3.67. The maximum absolute atomic E-state index is 12.3. The van der Waals surface area contributed by atoms with E-state index in [0.717, 1.165) is 0 Å². The van der Waals surface area contributed by atoms with E-state index >= 15 is 0 Å². The van der Waals surface area contributed by atoms with E-state index in [4.69, 9.17) is 4.74 Å². The van der Waals surface area contributed by atoms with E-state index in [1.54, 1.807) is 0 Å². The van der Waals surface area contributed by atoms with Gasteiger partial charge in [-0.15, -0.1) is 0 Å². The van der Waals surface area contributed by atoms with Crippen LogP contribution in [-0.4, -0.2) is 53.3 Å². The van der Waals surface area contributed by atoms with Gasteiger partial charge in [-0.05, 0) is 6.92 Å². The predicted octanol–water partition coefficient (Wildman–Crippen LogP) is 0.583. The lowest BCUT2D eigenvalue weighted by molar-refractivity contribution is -0.0140. The van der Waals surface area contributed by atoms with Gasteiger partial charge in [-0.1, -0.05) is 15.9 Å². The van der Waals surface area contributed by atoms with Gasteiger partial charge in [-0.25, -0.2) is 13.4 Å². The molecule has 2 rings (SSSR count). The van der Waals surface area contributed by atoms with Gasteiger partial charge in [0.2, 0.25) is 0 Å². The highest BCUT2D eigenvalue weighted by molar-refractivity contribution is 9.09. The molecule has 0 amide bonds. The number of rotatable bonds is 3. The molecule has 1 saturated heterocycles. The monoisotopic (exact) mass is 323 g/mol. The average molecular weight is 324 g/mol. The third kappa shape index (κ3) is 2.54. The summed E-state index contributed by atoms with van der Waals surface area (Å²) in [4.78, 5) is 6.38. The van der Waals surface area contributed by atoms with E-state index in [1.165, 1.54) is 16.8 Å². The van der Waals surface area contributed by atoms with Crippen LogP contribution in [0, 0.1) is 0 Å². The van der Waals surface area contributed by atoms with Gasteiger partial charge in [0.1, 0.15) is 0 Å². The third-order valence-electron chi connectivity index (χ3n) is 2.68. The lowest BCUT2D eigenvalue weighted by Crippen LogP contribution is -2.51. The molecular formula is C9H14BrN3O3S. The molecular weight excluding hydrogens is 310 g/mol. The van der Waals surface area contributed by atoms with Crippen molar-refractivity contribution in [3.63, 3.8) is 0 Å². The number of H-pyrrole nitrogens is 1. The largest absolute Gasteiger partial charge is 0.374 e. The molecule has 0 aromatic carbocycles. The minimum Gasteiger partial charge on any atom is -0.374 e. The highest BCUT2D eigenvalue weighted by Gasteiger charge is 2.35. The Balaban J connectivity index is 2.26. The van der Waals surface area contributed by atoms with Crippen LogP contribution in [0.1, 0.15) is 6.92 Å². The second-order valence-corrected chi connectivity index (χ2v) is 6.46. The van der Waals surface area contributed by atoms with Crippen molar-refractivity contribution in [3.05, 3.63) is 12.5 Å². The van der Waals surface area contributed by atoms with Crippen LogP contribution in [0.3, 0.4) is 0 Å². The Labute approximate surface area is 109 Å². The van der Waals surface area contributed by atoms with E-state index in [2.05, 4.69) is 25.9 Å². The normalized spacial score (nSPS) is 27.2. The van der Waals surface area contributed by atoms with Crippen molar-refractivity contribution in [1.29, 1.82) is 0 Å². The van der Waals surface area contributed by atoms with E-state index < -0.39 is 10.0 Å². The van der Waals surface area contributed by atoms with Gasteiger partial charge >= 0.3 is 0 Å². The summed E-state index contributed by atoms with van der Waals surface area (Å²) in [6.45, 7) is 2.59. The van der Waals surface area contributed by atoms with E-state index in [9.17, 15) is 8.42 Å². The molecule has 96 valence electrons. The first-order chi connectivity index (χ1) is 8.05. The Kier molecular flexibility index (Phi) is 3.86. The highest BCUT2D eigenvalue weighted by Crippen LogP contribution is 2.21. The number of nitrogens with one attached hydrogen (secondary N) is 1. The van der Waals surface area contributed by atoms with E-state index in [-0.39, 0.29) is 17.2 Å². The zero-order valence-electron chi connectivity index (χ0n) is 9.34. The summed E-state index contributed by atoms with van der Waals surface area (Å²) >= 11 is 3.31. The smallest absolute Gasteiger partial charge is 0.260 e. The van der Waals surface area contributed by atoms with Gasteiger partial charge < -0.3 is 9.72 Å². The Hall–Kier alpha value is -0.440. The summed E-state index contributed by atoms with van der Waals surface area (Å²) in [5.41, 5.74) is 0. The zero-order chi connectivity index (χ0) is 12.5. The van der Waals surface area contributed by atoms with Crippen LogP contribution < -0.4 is 0 Å². The molecule has 8 heteroatoms. The van der Waals surface area contributed by atoms with Gasteiger partial charge in [0, 0.05) is 17.9 Å². The van der Waals surface area contributed by atoms with Crippen LogP contribution in [0.4, 0.5) is 0 Å². The molecule has 17 heavy (non-hydrogen) atoms. The predicted molar refractivity (Wildman–Crippen MR) is 65.5 cm³/mol. The third-order valence-corrected chi connectivity index (χ3v) is 5.31. The first kappa shape index (κ1) is 13.0. The molecule has 1 fully saturated rings. The number of alkyl halides is 1. The number of hydrogen-bond acceptors (Lipinski definition) is 4. The van der Waals surface area contributed by atoms with E-state index in [1.807, 2.05) is 6.92 Å². The number of sulfonamides is 1. The molecule has 0 saturated carbocycles. The molecule has 1 aromatic heterocycles. The van der Waals surface area contributed by atoms with Crippen molar-refractivity contribution >= 4 is 26.0 Å². The van der Waals surface area contributed by atoms with Crippen LogP contribution >= 0.6 is 15.9 Å².